The zero-order valence-corrected chi connectivity index (χ0v) is 11.3. The number of aromatic nitrogens is 1. The van der Waals surface area contributed by atoms with Crippen molar-refractivity contribution in [1.29, 1.82) is 5.26 Å². The fourth-order valence-electron chi connectivity index (χ4n) is 2.44. The topological polar surface area (TPSA) is 69.2 Å². The number of nitriles is 1. The first kappa shape index (κ1) is 13.6. The van der Waals surface area contributed by atoms with Crippen LogP contribution in [0.3, 0.4) is 0 Å². The maximum Gasteiger partial charge on any atom is 0.0738 e. The number of nitrogens with zero attached hydrogens (tertiary/aromatic N) is 4. The Morgan fingerprint density at radius 1 is 1.26 bits per heavy atom. The molecule has 0 spiro atoms. The Morgan fingerprint density at radius 2 is 2.05 bits per heavy atom. The van der Waals surface area contributed by atoms with Crippen molar-refractivity contribution in [2.24, 2.45) is 0 Å². The third-order valence-electron chi connectivity index (χ3n) is 3.55. The number of nitrogens with two attached hydrogens (primary N) is 1. The minimum Gasteiger partial charge on any atom is -0.396 e. The van der Waals surface area contributed by atoms with E-state index >= 15 is 0 Å². The van der Waals surface area contributed by atoms with Gasteiger partial charge in [0.25, 0.3) is 0 Å². The summed E-state index contributed by atoms with van der Waals surface area (Å²) in [6.07, 6.45) is 6.30. The first-order chi connectivity index (χ1) is 9.31. The lowest BCUT2D eigenvalue weighted by Crippen LogP contribution is -2.46. The molecule has 102 valence electrons. The molecule has 0 aromatic carbocycles. The number of hydrogen-bond donors (Lipinski definition) is 1. The van der Waals surface area contributed by atoms with Gasteiger partial charge in [0.2, 0.25) is 0 Å². The Labute approximate surface area is 114 Å². The van der Waals surface area contributed by atoms with Crippen molar-refractivity contribution < 1.29 is 0 Å². The van der Waals surface area contributed by atoms with E-state index in [4.69, 9.17) is 11.0 Å². The van der Waals surface area contributed by atoms with Crippen molar-refractivity contribution in [3.05, 3.63) is 18.5 Å². The van der Waals surface area contributed by atoms with Crippen molar-refractivity contribution >= 4 is 11.4 Å². The predicted octanol–water partition coefficient (Wildman–Crippen LogP) is 1.48. The second-order valence-electron chi connectivity index (χ2n) is 4.88. The van der Waals surface area contributed by atoms with Gasteiger partial charge in [0.1, 0.15) is 0 Å². The Morgan fingerprint density at radius 3 is 2.74 bits per heavy atom. The summed E-state index contributed by atoms with van der Waals surface area (Å²) in [5, 5.41) is 8.50. The molecular weight excluding hydrogens is 238 g/mol. The van der Waals surface area contributed by atoms with Gasteiger partial charge < -0.3 is 10.6 Å². The van der Waals surface area contributed by atoms with Crippen molar-refractivity contribution in [1.82, 2.24) is 9.88 Å². The normalized spacial score (nSPS) is 16.3. The molecule has 1 aromatic heterocycles. The third kappa shape index (κ3) is 3.83. The molecule has 1 aliphatic rings. The maximum absolute atomic E-state index is 8.50. The molecule has 1 aromatic rings. The van der Waals surface area contributed by atoms with Crippen molar-refractivity contribution in [3.63, 3.8) is 0 Å². The quantitative estimate of drug-likeness (QED) is 0.811. The monoisotopic (exact) mass is 259 g/mol. The number of unbranched alkanes of at least 4 members (excludes halogenated alkanes) is 2. The zero-order valence-electron chi connectivity index (χ0n) is 11.3. The Hall–Kier alpha value is -1.80. The number of anilines is 2. The van der Waals surface area contributed by atoms with Crippen LogP contribution in [-0.2, 0) is 0 Å². The van der Waals surface area contributed by atoms with Crippen molar-refractivity contribution in [2.75, 3.05) is 43.4 Å². The van der Waals surface area contributed by atoms with Gasteiger partial charge in [-0.15, -0.1) is 0 Å². The lowest BCUT2D eigenvalue weighted by molar-refractivity contribution is 0.253. The second-order valence-corrected chi connectivity index (χ2v) is 4.88. The Bertz CT molecular complexity index is 432. The molecule has 2 N–H and O–H groups in total. The van der Waals surface area contributed by atoms with Crippen LogP contribution in [0.1, 0.15) is 19.3 Å². The summed E-state index contributed by atoms with van der Waals surface area (Å²) < 4.78 is 0. The van der Waals surface area contributed by atoms with Gasteiger partial charge in [-0.3, -0.25) is 9.88 Å². The molecule has 1 fully saturated rings. The molecule has 0 aliphatic carbocycles. The van der Waals surface area contributed by atoms with E-state index in [1.807, 2.05) is 6.07 Å². The highest BCUT2D eigenvalue weighted by molar-refractivity contribution is 5.66. The summed E-state index contributed by atoms with van der Waals surface area (Å²) in [7, 11) is 0. The molecule has 19 heavy (non-hydrogen) atoms. The molecule has 1 saturated heterocycles. The molecule has 5 nitrogen and oxygen atoms in total. The molecule has 1 aliphatic heterocycles. The van der Waals surface area contributed by atoms with Crippen molar-refractivity contribution in [2.45, 2.75) is 19.3 Å². The maximum atomic E-state index is 8.50. The van der Waals surface area contributed by atoms with E-state index in [2.05, 4.69) is 20.9 Å². The van der Waals surface area contributed by atoms with E-state index in [1.165, 1.54) is 0 Å². The first-order valence-corrected chi connectivity index (χ1v) is 6.85. The molecule has 0 bridgehead atoms. The summed E-state index contributed by atoms with van der Waals surface area (Å²) in [4.78, 5) is 8.81. The van der Waals surface area contributed by atoms with E-state index < -0.39 is 0 Å². The Kier molecular flexibility index (Phi) is 4.99. The van der Waals surface area contributed by atoms with Crippen LogP contribution in [0.25, 0.3) is 0 Å². The number of hydrogen-bond acceptors (Lipinski definition) is 5. The van der Waals surface area contributed by atoms with Gasteiger partial charge in [-0.1, -0.05) is 0 Å². The molecule has 0 saturated carbocycles. The van der Waals surface area contributed by atoms with Gasteiger partial charge in [-0.25, -0.2) is 0 Å². The molecule has 0 atom stereocenters. The number of rotatable bonds is 5. The van der Waals surface area contributed by atoms with Crippen LogP contribution in [0.4, 0.5) is 11.4 Å². The van der Waals surface area contributed by atoms with E-state index in [-0.39, 0.29) is 0 Å². The fraction of sp³-hybridized carbons (Fsp3) is 0.571. The Balaban J connectivity index is 1.77. The standard InChI is InChI=1S/C14H21N5/c15-5-2-1-3-7-18-8-10-19(11-9-18)14-4-6-17-12-13(14)16/h4,6,12H,1-3,7-11,16H2. The van der Waals surface area contributed by atoms with Crippen LogP contribution in [-0.4, -0.2) is 42.6 Å². The van der Waals surface area contributed by atoms with Crippen LogP contribution in [0.2, 0.25) is 0 Å². The number of pyridine rings is 1. The summed E-state index contributed by atoms with van der Waals surface area (Å²) in [5.74, 6) is 0. The van der Waals surface area contributed by atoms with Crippen LogP contribution in [0.15, 0.2) is 18.5 Å². The van der Waals surface area contributed by atoms with E-state index in [9.17, 15) is 0 Å². The van der Waals surface area contributed by atoms with Gasteiger partial charge in [0.15, 0.2) is 0 Å². The van der Waals surface area contributed by atoms with E-state index in [0.717, 1.165) is 56.9 Å². The molecular formula is C14H21N5. The fourth-order valence-corrected chi connectivity index (χ4v) is 2.44. The molecule has 2 rings (SSSR count). The summed E-state index contributed by atoms with van der Waals surface area (Å²) in [6.45, 7) is 5.24. The minimum absolute atomic E-state index is 0.674. The lowest BCUT2D eigenvalue weighted by atomic mass is 10.2. The van der Waals surface area contributed by atoms with Crippen LogP contribution < -0.4 is 10.6 Å². The number of nitrogen functional groups attached to an aromatic ring is 1. The van der Waals surface area contributed by atoms with Gasteiger partial charge in [-0.05, 0) is 25.5 Å². The average Bonchev–Trinajstić information content (AvgIpc) is 2.45. The number of piperazine rings is 1. The van der Waals surface area contributed by atoms with E-state index in [1.54, 1.807) is 12.4 Å². The molecule has 0 unspecified atom stereocenters. The summed E-state index contributed by atoms with van der Waals surface area (Å²) in [5.41, 5.74) is 7.80. The smallest absolute Gasteiger partial charge is 0.0738 e. The minimum atomic E-state index is 0.674. The van der Waals surface area contributed by atoms with Gasteiger partial charge in [0.05, 0.1) is 23.6 Å². The molecule has 5 heteroatoms. The van der Waals surface area contributed by atoms with E-state index in [0.29, 0.717) is 6.42 Å². The van der Waals surface area contributed by atoms with Gasteiger partial charge in [-0.2, -0.15) is 5.26 Å². The van der Waals surface area contributed by atoms with Crippen LogP contribution in [0.5, 0.6) is 0 Å². The van der Waals surface area contributed by atoms with Crippen molar-refractivity contribution in [3.8, 4) is 6.07 Å². The van der Waals surface area contributed by atoms with Crippen LogP contribution in [0, 0.1) is 11.3 Å². The first-order valence-electron chi connectivity index (χ1n) is 6.85. The predicted molar refractivity (Wildman–Crippen MR) is 76.8 cm³/mol. The highest BCUT2D eigenvalue weighted by Gasteiger charge is 2.17. The summed E-state index contributed by atoms with van der Waals surface area (Å²) in [6, 6.07) is 4.18. The van der Waals surface area contributed by atoms with Gasteiger partial charge in [0, 0.05) is 38.8 Å². The lowest BCUT2D eigenvalue weighted by Gasteiger charge is -2.36. The highest BCUT2D eigenvalue weighted by Crippen LogP contribution is 2.22. The van der Waals surface area contributed by atoms with Gasteiger partial charge >= 0.3 is 0 Å². The molecule has 2 heterocycles. The summed E-state index contributed by atoms with van der Waals surface area (Å²) >= 11 is 0. The second kappa shape index (κ2) is 6.95. The largest absolute Gasteiger partial charge is 0.396 e. The average molecular weight is 259 g/mol. The molecule has 0 radical (unpaired) electrons. The van der Waals surface area contributed by atoms with Crippen LogP contribution >= 0.6 is 0 Å². The zero-order chi connectivity index (χ0) is 13.5. The molecule has 0 amide bonds. The third-order valence-corrected chi connectivity index (χ3v) is 3.55. The SMILES string of the molecule is N#CCCCCN1CCN(c2ccncc2N)CC1. The highest BCUT2D eigenvalue weighted by atomic mass is 15.3.